The molecule has 0 saturated heterocycles. The van der Waals surface area contributed by atoms with E-state index in [0.29, 0.717) is 21.5 Å². The van der Waals surface area contributed by atoms with Crippen LogP contribution in [0.3, 0.4) is 0 Å². The zero-order valence-corrected chi connectivity index (χ0v) is 13.7. The predicted molar refractivity (Wildman–Crippen MR) is 88.3 cm³/mol. The summed E-state index contributed by atoms with van der Waals surface area (Å²) in [7, 11) is 0. The van der Waals surface area contributed by atoms with Gasteiger partial charge in [0, 0.05) is 11.0 Å². The standard InChI is InChI=1S/C14H11BrFNOS2/c1-20-12-4-2-3-10(13(12)14(17)19)18-11-7-8(16)5-6-9(11)15/h2-7H,1H3,(H2,17,19). The van der Waals surface area contributed by atoms with Crippen LogP contribution in [0.1, 0.15) is 5.56 Å². The predicted octanol–water partition coefficient (Wildman–Crippen LogP) is 4.74. The van der Waals surface area contributed by atoms with E-state index in [1.54, 1.807) is 12.1 Å². The first kappa shape index (κ1) is 15.3. The number of halogens is 2. The minimum absolute atomic E-state index is 0.248. The number of thiocarbonyl (C=S) groups is 1. The Bertz CT molecular complexity index is 664. The number of thioether (sulfide) groups is 1. The van der Waals surface area contributed by atoms with Gasteiger partial charge >= 0.3 is 0 Å². The number of ether oxygens (including phenoxy) is 1. The third-order valence-electron chi connectivity index (χ3n) is 2.57. The molecule has 0 aliphatic carbocycles. The molecule has 0 fully saturated rings. The molecule has 0 heterocycles. The lowest BCUT2D eigenvalue weighted by Gasteiger charge is -2.14. The van der Waals surface area contributed by atoms with E-state index in [1.165, 1.54) is 23.9 Å². The summed E-state index contributed by atoms with van der Waals surface area (Å²) < 4.78 is 19.7. The van der Waals surface area contributed by atoms with Crippen LogP contribution in [0.15, 0.2) is 45.8 Å². The van der Waals surface area contributed by atoms with Crippen LogP contribution in [0.25, 0.3) is 0 Å². The summed E-state index contributed by atoms with van der Waals surface area (Å²) in [5.41, 5.74) is 6.42. The van der Waals surface area contributed by atoms with Gasteiger partial charge in [-0.1, -0.05) is 18.3 Å². The van der Waals surface area contributed by atoms with Crippen LogP contribution >= 0.6 is 39.9 Å². The molecule has 2 aromatic carbocycles. The molecule has 0 amide bonds. The maximum Gasteiger partial charge on any atom is 0.144 e. The molecule has 20 heavy (non-hydrogen) atoms. The Balaban J connectivity index is 2.48. The summed E-state index contributed by atoms with van der Waals surface area (Å²) in [4.78, 5) is 1.17. The van der Waals surface area contributed by atoms with Crippen molar-refractivity contribution >= 4 is 44.9 Å². The van der Waals surface area contributed by atoms with Gasteiger partial charge in [0.25, 0.3) is 0 Å². The quantitative estimate of drug-likeness (QED) is 0.621. The monoisotopic (exact) mass is 371 g/mol. The molecule has 2 N–H and O–H groups in total. The van der Waals surface area contributed by atoms with Gasteiger partial charge in [0.2, 0.25) is 0 Å². The van der Waals surface area contributed by atoms with E-state index in [0.717, 1.165) is 4.90 Å². The molecule has 0 spiro atoms. The van der Waals surface area contributed by atoms with Crippen molar-refractivity contribution in [2.75, 3.05) is 6.26 Å². The molecule has 0 aromatic heterocycles. The lowest BCUT2D eigenvalue weighted by atomic mass is 10.2. The lowest BCUT2D eigenvalue weighted by molar-refractivity contribution is 0.471. The minimum atomic E-state index is -0.374. The summed E-state index contributed by atoms with van der Waals surface area (Å²) >= 11 is 9.92. The summed E-state index contributed by atoms with van der Waals surface area (Å²) in [6, 6.07) is 9.75. The van der Waals surface area contributed by atoms with Gasteiger partial charge in [0.05, 0.1) is 10.0 Å². The SMILES string of the molecule is CSc1cccc(Oc2cc(F)ccc2Br)c1C(N)=S. The van der Waals surface area contributed by atoms with E-state index < -0.39 is 0 Å². The van der Waals surface area contributed by atoms with Crippen molar-refractivity contribution in [2.45, 2.75) is 4.90 Å². The Labute approximate surface area is 134 Å². The van der Waals surface area contributed by atoms with E-state index in [2.05, 4.69) is 15.9 Å². The fourth-order valence-corrected chi connectivity index (χ4v) is 2.91. The third kappa shape index (κ3) is 3.31. The Kier molecular flexibility index (Phi) is 5.01. The maximum atomic E-state index is 13.3. The summed E-state index contributed by atoms with van der Waals surface area (Å²) in [6.07, 6.45) is 1.93. The van der Waals surface area contributed by atoms with Crippen molar-refractivity contribution in [1.29, 1.82) is 0 Å². The van der Waals surface area contributed by atoms with Gasteiger partial charge in [-0.15, -0.1) is 11.8 Å². The second-order valence-electron chi connectivity index (χ2n) is 3.87. The van der Waals surface area contributed by atoms with E-state index in [-0.39, 0.29) is 10.8 Å². The molecule has 6 heteroatoms. The van der Waals surface area contributed by atoms with Gasteiger partial charge in [-0.2, -0.15) is 0 Å². The van der Waals surface area contributed by atoms with Gasteiger partial charge in [-0.25, -0.2) is 4.39 Å². The van der Waals surface area contributed by atoms with Crippen LogP contribution in [-0.2, 0) is 0 Å². The second-order valence-corrected chi connectivity index (χ2v) is 6.02. The second kappa shape index (κ2) is 6.56. The molecular formula is C14H11BrFNOS2. The molecule has 2 nitrogen and oxygen atoms in total. The van der Waals surface area contributed by atoms with Crippen molar-refractivity contribution in [3.05, 3.63) is 52.3 Å². The van der Waals surface area contributed by atoms with Gasteiger partial charge in [0.1, 0.15) is 22.3 Å². The maximum absolute atomic E-state index is 13.3. The average Bonchev–Trinajstić information content (AvgIpc) is 2.42. The van der Waals surface area contributed by atoms with Crippen LogP contribution in [0.4, 0.5) is 4.39 Å². The Hall–Kier alpha value is -1.11. The van der Waals surface area contributed by atoms with E-state index in [1.807, 2.05) is 18.4 Å². The highest BCUT2D eigenvalue weighted by Crippen LogP contribution is 2.35. The fourth-order valence-electron chi connectivity index (χ4n) is 1.68. The van der Waals surface area contributed by atoms with Crippen molar-refractivity contribution in [3.8, 4) is 11.5 Å². The van der Waals surface area contributed by atoms with Gasteiger partial charge < -0.3 is 10.5 Å². The average molecular weight is 372 g/mol. The van der Waals surface area contributed by atoms with Crippen molar-refractivity contribution < 1.29 is 9.13 Å². The first-order valence-electron chi connectivity index (χ1n) is 5.62. The number of hydrogen-bond donors (Lipinski definition) is 1. The first-order valence-corrected chi connectivity index (χ1v) is 8.05. The molecule has 0 radical (unpaired) electrons. The number of rotatable bonds is 4. The number of nitrogens with two attached hydrogens (primary N) is 1. The fraction of sp³-hybridized carbons (Fsp3) is 0.0714. The topological polar surface area (TPSA) is 35.2 Å². The molecule has 0 unspecified atom stereocenters. The van der Waals surface area contributed by atoms with E-state index in [9.17, 15) is 4.39 Å². The Morgan fingerprint density at radius 1 is 1.30 bits per heavy atom. The van der Waals surface area contributed by atoms with E-state index in [4.69, 9.17) is 22.7 Å². The summed E-state index contributed by atoms with van der Waals surface area (Å²) in [5.74, 6) is 0.512. The van der Waals surface area contributed by atoms with Crippen LogP contribution in [0.2, 0.25) is 0 Å². The van der Waals surface area contributed by atoms with Crippen molar-refractivity contribution in [3.63, 3.8) is 0 Å². The normalized spacial score (nSPS) is 10.3. The highest BCUT2D eigenvalue weighted by atomic mass is 79.9. The molecule has 0 saturated carbocycles. The van der Waals surface area contributed by atoms with Gasteiger partial charge in [-0.3, -0.25) is 0 Å². The molecule has 0 aliphatic rings. The van der Waals surface area contributed by atoms with Crippen molar-refractivity contribution in [1.82, 2.24) is 0 Å². The largest absolute Gasteiger partial charge is 0.455 e. The molecule has 2 aromatic rings. The van der Waals surface area contributed by atoms with Crippen LogP contribution < -0.4 is 10.5 Å². The summed E-state index contributed by atoms with van der Waals surface area (Å²) in [5, 5.41) is 0. The lowest BCUT2D eigenvalue weighted by Crippen LogP contribution is -2.12. The van der Waals surface area contributed by atoms with Gasteiger partial charge in [-0.05, 0) is 46.5 Å². The molecular weight excluding hydrogens is 361 g/mol. The molecule has 0 bridgehead atoms. The number of hydrogen-bond acceptors (Lipinski definition) is 3. The van der Waals surface area contributed by atoms with Crippen molar-refractivity contribution in [2.24, 2.45) is 5.73 Å². The molecule has 2 rings (SSSR count). The van der Waals surface area contributed by atoms with E-state index >= 15 is 0 Å². The highest BCUT2D eigenvalue weighted by Gasteiger charge is 2.14. The highest BCUT2D eigenvalue weighted by molar-refractivity contribution is 9.10. The zero-order chi connectivity index (χ0) is 14.7. The molecule has 0 atom stereocenters. The smallest absolute Gasteiger partial charge is 0.144 e. The minimum Gasteiger partial charge on any atom is -0.455 e. The van der Waals surface area contributed by atoms with Crippen LogP contribution in [0, 0.1) is 5.82 Å². The Morgan fingerprint density at radius 3 is 2.70 bits per heavy atom. The Morgan fingerprint density at radius 2 is 2.05 bits per heavy atom. The molecule has 104 valence electrons. The first-order chi connectivity index (χ1) is 9.52. The molecule has 0 aliphatic heterocycles. The van der Waals surface area contributed by atoms with Gasteiger partial charge in [0.15, 0.2) is 0 Å². The zero-order valence-electron chi connectivity index (χ0n) is 10.5. The van der Waals surface area contributed by atoms with Crippen LogP contribution in [-0.4, -0.2) is 11.2 Å². The summed E-state index contributed by atoms with van der Waals surface area (Å²) in [6.45, 7) is 0. The van der Waals surface area contributed by atoms with Crippen LogP contribution in [0.5, 0.6) is 11.5 Å². The number of benzene rings is 2. The third-order valence-corrected chi connectivity index (χ3v) is 4.21.